The molecule has 5 nitrogen and oxygen atoms in total. The van der Waals surface area contributed by atoms with Gasteiger partial charge in [0.2, 0.25) is 5.91 Å². The largest absolute Gasteiger partial charge is 0.467 e. The molecule has 1 fully saturated rings. The van der Waals surface area contributed by atoms with Crippen molar-refractivity contribution >= 4 is 11.9 Å². The van der Waals surface area contributed by atoms with Gasteiger partial charge in [-0.2, -0.15) is 0 Å². The molecule has 2 N–H and O–H groups in total. The van der Waals surface area contributed by atoms with Crippen molar-refractivity contribution < 1.29 is 14.3 Å². The Morgan fingerprint density at radius 2 is 2.11 bits per heavy atom. The van der Waals surface area contributed by atoms with Gasteiger partial charge in [-0.1, -0.05) is 20.8 Å². The van der Waals surface area contributed by atoms with Crippen LogP contribution < -0.4 is 10.6 Å². The summed E-state index contributed by atoms with van der Waals surface area (Å²) in [4.78, 5) is 24.0. The maximum Gasteiger partial charge on any atom is 0.328 e. The molecule has 104 valence electrons. The fourth-order valence-electron chi connectivity index (χ4n) is 2.37. The molecule has 1 amide bonds. The van der Waals surface area contributed by atoms with Crippen LogP contribution in [0, 0.1) is 5.92 Å². The number of carbonyl (C=O) groups excluding carboxylic acids is 2. The Balaban J connectivity index is 2.74. The molecule has 0 bridgehead atoms. The fourth-order valence-corrected chi connectivity index (χ4v) is 2.37. The molecule has 2 atom stereocenters. The van der Waals surface area contributed by atoms with Gasteiger partial charge in [0.15, 0.2) is 0 Å². The first kappa shape index (κ1) is 15.0. The fraction of sp³-hybridized carbons (Fsp3) is 0.846. The zero-order valence-electron chi connectivity index (χ0n) is 11.7. The normalized spacial score (nSPS) is 24.9. The van der Waals surface area contributed by atoms with Crippen molar-refractivity contribution in [1.29, 1.82) is 0 Å². The number of esters is 1. The van der Waals surface area contributed by atoms with E-state index in [-0.39, 0.29) is 17.8 Å². The van der Waals surface area contributed by atoms with Gasteiger partial charge in [-0.25, -0.2) is 4.79 Å². The number of nitrogens with one attached hydrogen (secondary N) is 2. The Bertz CT molecular complexity index is 309. The standard InChI is InChI=1S/C13H24N2O3/c1-5-13(7-6-8-14-13)12(17)15-10(9(2)3)11(16)18-4/h9-10,14H,5-8H2,1-4H3,(H,15,17). The molecule has 1 heterocycles. The molecular weight excluding hydrogens is 232 g/mol. The minimum atomic E-state index is -0.576. The van der Waals surface area contributed by atoms with Gasteiger partial charge in [0.05, 0.1) is 12.6 Å². The van der Waals surface area contributed by atoms with Crippen LogP contribution in [0.4, 0.5) is 0 Å². The zero-order valence-corrected chi connectivity index (χ0v) is 11.7. The Hall–Kier alpha value is -1.10. The van der Waals surface area contributed by atoms with Crippen molar-refractivity contribution in [3.63, 3.8) is 0 Å². The first-order valence-corrected chi connectivity index (χ1v) is 6.60. The van der Waals surface area contributed by atoms with Gasteiger partial charge in [-0.05, 0) is 31.7 Å². The summed E-state index contributed by atoms with van der Waals surface area (Å²) in [5, 5.41) is 6.08. The van der Waals surface area contributed by atoms with Gasteiger partial charge in [0.1, 0.15) is 6.04 Å². The molecule has 0 aliphatic carbocycles. The van der Waals surface area contributed by atoms with E-state index in [1.807, 2.05) is 20.8 Å². The van der Waals surface area contributed by atoms with Crippen molar-refractivity contribution in [1.82, 2.24) is 10.6 Å². The van der Waals surface area contributed by atoms with E-state index in [2.05, 4.69) is 10.6 Å². The summed E-state index contributed by atoms with van der Waals surface area (Å²) in [6.07, 6.45) is 2.54. The molecule has 1 aliphatic heterocycles. The number of amides is 1. The van der Waals surface area contributed by atoms with E-state index in [0.717, 1.165) is 25.8 Å². The summed E-state index contributed by atoms with van der Waals surface area (Å²) in [5.74, 6) is -0.467. The third kappa shape index (κ3) is 3.02. The topological polar surface area (TPSA) is 67.4 Å². The van der Waals surface area contributed by atoms with Gasteiger partial charge < -0.3 is 15.4 Å². The molecule has 0 aromatic rings. The third-order valence-corrected chi connectivity index (χ3v) is 3.69. The predicted molar refractivity (Wildman–Crippen MR) is 69.0 cm³/mol. The van der Waals surface area contributed by atoms with E-state index in [1.54, 1.807) is 0 Å². The molecule has 0 aromatic carbocycles. The Labute approximate surface area is 109 Å². The molecule has 0 aromatic heterocycles. The highest BCUT2D eigenvalue weighted by atomic mass is 16.5. The van der Waals surface area contributed by atoms with E-state index in [0.29, 0.717) is 0 Å². The van der Waals surface area contributed by atoms with Crippen molar-refractivity contribution in [2.45, 2.75) is 51.6 Å². The number of rotatable bonds is 5. The molecule has 1 rings (SSSR count). The van der Waals surface area contributed by atoms with Crippen LogP contribution in [0.5, 0.6) is 0 Å². The number of methoxy groups -OCH3 is 1. The highest BCUT2D eigenvalue weighted by Crippen LogP contribution is 2.23. The first-order valence-electron chi connectivity index (χ1n) is 6.60. The van der Waals surface area contributed by atoms with Gasteiger partial charge in [0, 0.05) is 0 Å². The molecule has 1 aliphatic rings. The highest BCUT2D eigenvalue weighted by Gasteiger charge is 2.41. The minimum Gasteiger partial charge on any atom is -0.467 e. The van der Waals surface area contributed by atoms with Crippen LogP contribution in [0.2, 0.25) is 0 Å². The molecule has 0 saturated carbocycles. The van der Waals surface area contributed by atoms with Crippen molar-refractivity contribution in [3.8, 4) is 0 Å². The van der Waals surface area contributed by atoms with Crippen LogP contribution in [0.25, 0.3) is 0 Å². The van der Waals surface area contributed by atoms with Gasteiger partial charge >= 0.3 is 5.97 Å². The van der Waals surface area contributed by atoms with Gasteiger partial charge in [-0.3, -0.25) is 4.79 Å². The second-order valence-electron chi connectivity index (χ2n) is 5.18. The molecule has 18 heavy (non-hydrogen) atoms. The summed E-state index contributed by atoms with van der Waals surface area (Å²) in [6, 6.07) is -0.576. The minimum absolute atomic E-state index is 0.0108. The third-order valence-electron chi connectivity index (χ3n) is 3.69. The van der Waals surface area contributed by atoms with Gasteiger partial charge in [0.25, 0.3) is 0 Å². The Kier molecular flexibility index (Phi) is 5.14. The molecule has 0 spiro atoms. The van der Waals surface area contributed by atoms with Crippen molar-refractivity contribution in [2.75, 3.05) is 13.7 Å². The molecule has 1 saturated heterocycles. The second kappa shape index (κ2) is 6.18. The maximum atomic E-state index is 12.4. The van der Waals surface area contributed by atoms with E-state index in [9.17, 15) is 9.59 Å². The van der Waals surface area contributed by atoms with Crippen LogP contribution in [0.15, 0.2) is 0 Å². The zero-order chi connectivity index (χ0) is 13.8. The lowest BCUT2D eigenvalue weighted by atomic mass is 9.92. The molecule has 5 heteroatoms. The number of ether oxygens (including phenoxy) is 1. The number of hydrogen-bond acceptors (Lipinski definition) is 4. The summed E-state index contributed by atoms with van der Waals surface area (Å²) in [7, 11) is 1.34. The molecular formula is C13H24N2O3. The Morgan fingerprint density at radius 1 is 1.44 bits per heavy atom. The molecule has 2 unspecified atom stereocenters. The average Bonchev–Trinajstić information content (AvgIpc) is 2.84. The summed E-state index contributed by atoms with van der Waals surface area (Å²) >= 11 is 0. The van der Waals surface area contributed by atoms with Crippen molar-refractivity contribution in [3.05, 3.63) is 0 Å². The summed E-state index contributed by atoms with van der Waals surface area (Å²) in [5.41, 5.74) is -0.513. The Morgan fingerprint density at radius 3 is 2.50 bits per heavy atom. The summed E-state index contributed by atoms with van der Waals surface area (Å²) < 4.78 is 4.73. The van der Waals surface area contributed by atoms with E-state index >= 15 is 0 Å². The predicted octanol–water partition coefficient (Wildman–Crippen LogP) is 0.832. The first-order chi connectivity index (χ1) is 8.46. The van der Waals surface area contributed by atoms with Crippen LogP contribution in [0.1, 0.15) is 40.0 Å². The monoisotopic (exact) mass is 256 g/mol. The second-order valence-corrected chi connectivity index (χ2v) is 5.18. The van der Waals surface area contributed by atoms with Gasteiger partial charge in [-0.15, -0.1) is 0 Å². The van der Waals surface area contributed by atoms with Crippen LogP contribution in [0.3, 0.4) is 0 Å². The average molecular weight is 256 g/mol. The van der Waals surface area contributed by atoms with Crippen molar-refractivity contribution in [2.24, 2.45) is 5.92 Å². The highest BCUT2D eigenvalue weighted by molar-refractivity contribution is 5.90. The lowest BCUT2D eigenvalue weighted by molar-refractivity contribution is -0.147. The molecule has 0 radical (unpaired) electrons. The smallest absolute Gasteiger partial charge is 0.328 e. The number of carbonyl (C=O) groups is 2. The van der Waals surface area contributed by atoms with Crippen LogP contribution in [-0.4, -0.2) is 37.1 Å². The van der Waals surface area contributed by atoms with E-state index in [4.69, 9.17) is 4.74 Å². The number of hydrogen-bond donors (Lipinski definition) is 2. The maximum absolute atomic E-state index is 12.4. The van der Waals surface area contributed by atoms with Crippen LogP contribution in [-0.2, 0) is 14.3 Å². The van der Waals surface area contributed by atoms with E-state index < -0.39 is 11.6 Å². The SMILES string of the molecule is CCC1(C(=O)NC(C(=O)OC)C(C)C)CCCN1. The van der Waals surface area contributed by atoms with E-state index in [1.165, 1.54) is 7.11 Å². The summed E-state index contributed by atoms with van der Waals surface area (Å²) in [6.45, 7) is 6.62. The lowest BCUT2D eigenvalue weighted by Gasteiger charge is -2.30. The lowest BCUT2D eigenvalue weighted by Crippen LogP contribution is -2.58. The quantitative estimate of drug-likeness (QED) is 0.715. The van der Waals surface area contributed by atoms with Crippen LogP contribution >= 0.6 is 0 Å².